The number of amidine groups is 1. The summed E-state index contributed by atoms with van der Waals surface area (Å²) in [7, 11) is 0. The summed E-state index contributed by atoms with van der Waals surface area (Å²) in [5.41, 5.74) is 6.35. The number of piperazine rings is 1. The van der Waals surface area contributed by atoms with E-state index in [1.807, 2.05) is 0 Å². The molecule has 1 atom stereocenters. The number of nitrogens with one attached hydrogen (secondary N) is 1. The van der Waals surface area contributed by atoms with Gasteiger partial charge in [-0.3, -0.25) is 9.59 Å². The third kappa shape index (κ3) is 2.56. The molecule has 1 aromatic carbocycles. The highest BCUT2D eigenvalue weighted by Crippen LogP contribution is 2.12. The summed E-state index contributed by atoms with van der Waals surface area (Å²) in [6, 6.07) is 5.95. The van der Waals surface area contributed by atoms with Crippen LogP contribution in [0.2, 0.25) is 0 Å². The maximum atomic E-state index is 12.4. The fourth-order valence-corrected chi connectivity index (χ4v) is 2.09. The molecule has 0 aliphatic carbocycles. The molecule has 1 heterocycles. The van der Waals surface area contributed by atoms with E-state index >= 15 is 0 Å². The molecule has 1 fully saturated rings. The van der Waals surface area contributed by atoms with E-state index in [0.717, 1.165) is 0 Å². The van der Waals surface area contributed by atoms with Gasteiger partial charge in [0.25, 0.3) is 5.91 Å². The Morgan fingerprint density at radius 3 is 2.90 bits per heavy atom. The van der Waals surface area contributed by atoms with E-state index in [9.17, 15) is 9.59 Å². The van der Waals surface area contributed by atoms with Crippen molar-refractivity contribution < 1.29 is 14.8 Å². The summed E-state index contributed by atoms with van der Waals surface area (Å²) in [6.07, 6.45) is 0. The highest BCUT2D eigenvalue weighted by molar-refractivity contribution is 6.02. The summed E-state index contributed by atoms with van der Waals surface area (Å²) in [6.45, 7) is 2.58. The summed E-state index contributed by atoms with van der Waals surface area (Å²) < 4.78 is 0. The van der Waals surface area contributed by atoms with Gasteiger partial charge >= 0.3 is 0 Å². The van der Waals surface area contributed by atoms with E-state index in [1.54, 1.807) is 25.1 Å². The van der Waals surface area contributed by atoms with Crippen molar-refractivity contribution >= 4 is 17.6 Å². The average Bonchev–Trinajstić information content (AvgIpc) is 2.48. The van der Waals surface area contributed by atoms with Gasteiger partial charge in [-0.25, -0.2) is 0 Å². The fraction of sp³-hybridized carbons (Fsp3) is 0.308. The van der Waals surface area contributed by atoms with Crippen LogP contribution >= 0.6 is 0 Å². The maximum Gasteiger partial charge on any atom is 0.254 e. The molecule has 1 saturated heterocycles. The number of carbonyl (C=O) groups is 2. The first-order valence-corrected chi connectivity index (χ1v) is 6.21. The molecule has 1 aliphatic heterocycles. The van der Waals surface area contributed by atoms with Crippen LogP contribution in [-0.4, -0.2) is 46.9 Å². The van der Waals surface area contributed by atoms with Gasteiger partial charge in [0.2, 0.25) is 5.91 Å². The standard InChI is InChI=1S/C13H16N4O3/c1-8-12(18)15-5-6-17(8)13(19)10-4-2-3-9(7-10)11(14)16-20/h2-4,7-8,20H,5-6H2,1H3,(H2,14,16)(H,15,18). The Labute approximate surface area is 116 Å². The predicted molar refractivity (Wildman–Crippen MR) is 72.5 cm³/mol. The molecule has 0 radical (unpaired) electrons. The lowest BCUT2D eigenvalue weighted by atomic mass is 10.1. The molecule has 2 rings (SSSR count). The van der Waals surface area contributed by atoms with Crippen LogP contribution in [0.1, 0.15) is 22.8 Å². The first kappa shape index (κ1) is 13.9. The van der Waals surface area contributed by atoms with Crippen LogP contribution in [0.3, 0.4) is 0 Å². The van der Waals surface area contributed by atoms with Gasteiger partial charge in [0.15, 0.2) is 5.84 Å². The Morgan fingerprint density at radius 2 is 2.20 bits per heavy atom. The zero-order valence-corrected chi connectivity index (χ0v) is 11.0. The number of amides is 2. The molecule has 20 heavy (non-hydrogen) atoms. The third-order valence-electron chi connectivity index (χ3n) is 3.27. The minimum Gasteiger partial charge on any atom is -0.409 e. The van der Waals surface area contributed by atoms with Crippen molar-refractivity contribution in [3.05, 3.63) is 35.4 Å². The smallest absolute Gasteiger partial charge is 0.254 e. The van der Waals surface area contributed by atoms with Crippen LogP contribution in [0, 0.1) is 0 Å². The Balaban J connectivity index is 2.27. The molecule has 0 spiro atoms. The molecule has 1 aliphatic rings. The van der Waals surface area contributed by atoms with E-state index in [0.29, 0.717) is 24.2 Å². The number of nitrogens with two attached hydrogens (primary N) is 1. The van der Waals surface area contributed by atoms with Crippen molar-refractivity contribution in [2.45, 2.75) is 13.0 Å². The molecular formula is C13H16N4O3. The monoisotopic (exact) mass is 276 g/mol. The Morgan fingerprint density at radius 1 is 1.50 bits per heavy atom. The van der Waals surface area contributed by atoms with Crippen LogP contribution in [0.4, 0.5) is 0 Å². The van der Waals surface area contributed by atoms with Gasteiger partial charge in [-0.05, 0) is 19.1 Å². The van der Waals surface area contributed by atoms with Gasteiger partial charge < -0.3 is 21.2 Å². The van der Waals surface area contributed by atoms with E-state index in [-0.39, 0.29) is 17.6 Å². The van der Waals surface area contributed by atoms with Crippen molar-refractivity contribution in [1.82, 2.24) is 10.2 Å². The lowest BCUT2D eigenvalue weighted by molar-refractivity contribution is -0.127. The number of rotatable bonds is 2. The van der Waals surface area contributed by atoms with Crippen molar-refractivity contribution in [3.63, 3.8) is 0 Å². The van der Waals surface area contributed by atoms with Crippen molar-refractivity contribution in [3.8, 4) is 0 Å². The molecule has 0 aromatic heterocycles. The van der Waals surface area contributed by atoms with Crippen LogP contribution in [0.25, 0.3) is 0 Å². The van der Waals surface area contributed by atoms with E-state index in [4.69, 9.17) is 10.9 Å². The predicted octanol–water partition coefficient (Wildman–Crippen LogP) is -0.258. The minimum absolute atomic E-state index is 0.0657. The van der Waals surface area contributed by atoms with E-state index in [2.05, 4.69) is 10.5 Å². The molecule has 106 valence electrons. The lowest BCUT2D eigenvalue weighted by Gasteiger charge is -2.32. The second kappa shape index (κ2) is 5.60. The topological polar surface area (TPSA) is 108 Å². The number of benzene rings is 1. The Hall–Kier alpha value is -2.57. The average molecular weight is 276 g/mol. The highest BCUT2D eigenvalue weighted by Gasteiger charge is 2.29. The third-order valence-corrected chi connectivity index (χ3v) is 3.27. The normalized spacial score (nSPS) is 19.6. The second-order valence-corrected chi connectivity index (χ2v) is 4.53. The van der Waals surface area contributed by atoms with Crippen molar-refractivity contribution in [2.24, 2.45) is 10.9 Å². The summed E-state index contributed by atoms with van der Waals surface area (Å²) >= 11 is 0. The van der Waals surface area contributed by atoms with Gasteiger partial charge in [-0.1, -0.05) is 17.3 Å². The van der Waals surface area contributed by atoms with Crippen LogP contribution in [0.5, 0.6) is 0 Å². The molecule has 0 bridgehead atoms. The largest absolute Gasteiger partial charge is 0.409 e. The van der Waals surface area contributed by atoms with Crippen LogP contribution < -0.4 is 11.1 Å². The number of nitrogens with zero attached hydrogens (tertiary/aromatic N) is 2. The molecule has 7 nitrogen and oxygen atoms in total. The Kier molecular flexibility index (Phi) is 3.88. The minimum atomic E-state index is -0.510. The van der Waals surface area contributed by atoms with E-state index in [1.165, 1.54) is 11.0 Å². The highest BCUT2D eigenvalue weighted by atomic mass is 16.4. The summed E-state index contributed by atoms with van der Waals surface area (Å²) in [5.74, 6) is -0.485. The van der Waals surface area contributed by atoms with Crippen molar-refractivity contribution in [1.29, 1.82) is 0 Å². The quantitative estimate of drug-likeness (QED) is 0.299. The molecule has 1 aromatic rings. The molecule has 1 unspecified atom stereocenters. The SMILES string of the molecule is CC1C(=O)NCCN1C(=O)c1cccc(C(N)=NO)c1. The first-order valence-electron chi connectivity index (χ1n) is 6.21. The van der Waals surface area contributed by atoms with Gasteiger partial charge in [-0.15, -0.1) is 0 Å². The van der Waals surface area contributed by atoms with Gasteiger partial charge in [0.05, 0.1) is 0 Å². The zero-order valence-electron chi connectivity index (χ0n) is 11.0. The summed E-state index contributed by atoms with van der Waals surface area (Å²) in [4.78, 5) is 25.5. The van der Waals surface area contributed by atoms with Gasteiger partial charge in [-0.2, -0.15) is 0 Å². The molecule has 0 saturated carbocycles. The Bertz CT molecular complexity index is 570. The number of hydrogen-bond acceptors (Lipinski definition) is 4. The molecule has 2 amide bonds. The summed E-state index contributed by atoms with van der Waals surface area (Å²) in [5, 5.41) is 14.3. The number of carbonyl (C=O) groups excluding carboxylic acids is 2. The molecular weight excluding hydrogens is 260 g/mol. The van der Waals surface area contributed by atoms with Crippen LogP contribution in [0.15, 0.2) is 29.4 Å². The number of hydrogen-bond donors (Lipinski definition) is 3. The van der Waals surface area contributed by atoms with Crippen LogP contribution in [-0.2, 0) is 4.79 Å². The molecule has 4 N–H and O–H groups in total. The first-order chi connectivity index (χ1) is 9.54. The van der Waals surface area contributed by atoms with Crippen molar-refractivity contribution in [2.75, 3.05) is 13.1 Å². The van der Waals surface area contributed by atoms with Gasteiger partial charge in [0.1, 0.15) is 6.04 Å². The fourth-order valence-electron chi connectivity index (χ4n) is 2.09. The van der Waals surface area contributed by atoms with Gasteiger partial charge in [0, 0.05) is 24.2 Å². The molecule has 7 heteroatoms. The van der Waals surface area contributed by atoms with E-state index < -0.39 is 6.04 Å². The second-order valence-electron chi connectivity index (χ2n) is 4.53. The maximum absolute atomic E-state index is 12.4. The lowest BCUT2D eigenvalue weighted by Crippen LogP contribution is -2.55. The number of oxime groups is 1. The zero-order chi connectivity index (χ0) is 14.7.